The van der Waals surface area contributed by atoms with E-state index in [2.05, 4.69) is 15.0 Å². The second-order valence-electron chi connectivity index (χ2n) is 4.96. The molecule has 0 spiro atoms. The Bertz CT molecular complexity index is 807. The van der Waals surface area contributed by atoms with Crippen molar-refractivity contribution in [2.75, 3.05) is 0 Å². The Morgan fingerprint density at radius 1 is 1.18 bits per heavy atom. The lowest BCUT2D eigenvalue weighted by molar-refractivity contribution is -0.118. The summed E-state index contributed by atoms with van der Waals surface area (Å²) in [6, 6.07) is 7.94. The second kappa shape index (κ2) is 5.77. The van der Waals surface area contributed by atoms with Crippen molar-refractivity contribution in [2.24, 2.45) is 5.73 Å². The number of rotatable bonds is 4. The summed E-state index contributed by atoms with van der Waals surface area (Å²) in [5.74, 6) is 0.863. The summed E-state index contributed by atoms with van der Waals surface area (Å²) in [5, 5.41) is 0. The number of imidazole rings is 1. The molecule has 0 bridgehead atoms. The van der Waals surface area contributed by atoms with Crippen LogP contribution in [0.2, 0.25) is 0 Å². The molecule has 0 atom stereocenters. The van der Waals surface area contributed by atoms with Crippen LogP contribution < -0.4 is 5.73 Å². The van der Waals surface area contributed by atoms with Gasteiger partial charge in [0.05, 0.1) is 5.56 Å². The average Bonchev–Trinajstić information content (AvgIpc) is 2.95. The maximum Gasteiger partial charge on any atom is 0.237 e. The largest absolute Gasteiger partial charge is 0.368 e. The van der Waals surface area contributed by atoms with Crippen LogP contribution in [0.15, 0.2) is 49.1 Å². The monoisotopic (exact) mass is 293 g/mol. The van der Waals surface area contributed by atoms with Gasteiger partial charge in [0.15, 0.2) is 5.82 Å². The first-order valence-corrected chi connectivity index (χ1v) is 6.83. The van der Waals surface area contributed by atoms with Crippen LogP contribution in [0.5, 0.6) is 0 Å². The number of hydrogen-bond acceptors (Lipinski definition) is 4. The average molecular weight is 293 g/mol. The van der Waals surface area contributed by atoms with E-state index in [0.29, 0.717) is 11.6 Å². The summed E-state index contributed by atoms with van der Waals surface area (Å²) < 4.78 is 1.68. The molecule has 0 aliphatic carbocycles. The van der Waals surface area contributed by atoms with E-state index in [4.69, 9.17) is 5.73 Å². The van der Waals surface area contributed by atoms with E-state index in [-0.39, 0.29) is 6.54 Å². The van der Waals surface area contributed by atoms with Gasteiger partial charge in [-0.15, -0.1) is 0 Å². The molecule has 3 aromatic rings. The fourth-order valence-electron chi connectivity index (χ4n) is 2.27. The normalized spacial score (nSPS) is 10.6. The molecule has 2 heterocycles. The highest BCUT2D eigenvalue weighted by Crippen LogP contribution is 2.21. The lowest BCUT2D eigenvalue weighted by Crippen LogP contribution is -2.18. The van der Waals surface area contributed by atoms with Crippen molar-refractivity contribution in [3.63, 3.8) is 0 Å². The highest BCUT2D eigenvalue weighted by molar-refractivity contribution is 5.74. The highest BCUT2D eigenvalue weighted by atomic mass is 16.1. The van der Waals surface area contributed by atoms with Crippen LogP contribution in [-0.4, -0.2) is 25.4 Å². The molecule has 0 aliphatic heterocycles. The van der Waals surface area contributed by atoms with Crippen molar-refractivity contribution in [1.29, 1.82) is 0 Å². The SMILES string of the molecule is Cc1ccccc1-c1ncc(-c2nccn2CC(N)=O)cn1. The van der Waals surface area contributed by atoms with Crippen molar-refractivity contribution in [3.05, 3.63) is 54.6 Å². The number of hydrogen-bond donors (Lipinski definition) is 1. The molecular formula is C16H15N5O. The van der Waals surface area contributed by atoms with Gasteiger partial charge in [0.1, 0.15) is 12.4 Å². The zero-order chi connectivity index (χ0) is 15.5. The summed E-state index contributed by atoms with van der Waals surface area (Å²) >= 11 is 0. The predicted molar refractivity (Wildman–Crippen MR) is 82.6 cm³/mol. The first-order chi connectivity index (χ1) is 10.6. The maximum atomic E-state index is 11.1. The first kappa shape index (κ1) is 13.9. The minimum atomic E-state index is -0.420. The summed E-state index contributed by atoms with van der Waals surface area (Å²) in [4.78, 5) is 24.1. The van der Waals surface area contributed by atoms with Crippen LogP contribution in [-0.2, 0) is 11.3 Å². The van der Waals surface area contributed by atoms with E-state index in [9.17, 15) is 4.79 Å². The Morgan fingerprint density at radius 2 is 1.91 bits per heavy atom. The van der Waals surface area contributed by atoms with Gasteiger partial charge in [-0.25, -0.2) is 15.0 Å². The summed E-state index contributed by atoms with van der Waals surface area (Å²) in [5.41, 5.74) is 8.08. The van der Waals surface area contributed by atoms with Gasteiger partial charge in [0.25, 0.3) is 0 Å². The molecule has 22 heavy (non-hydrogen) atoms. The fourth-order valence-corrected chi connectivity index (χ4v) is 2.27. The van der Waals surface area contributed by atoms with Gasteiger partial charge >= 0.3 is 0 Å². The topological polar surface area (TPSA) is 86.7 Å². The Kier molecular flexibility index (Phi) is 3.65. The molecule has 0 saturated carbocycles. The Hall–Kier alpha value is -3.02. The Labute approximate surface area is 127 Å². The zero-order valence-corrected chi connectivity index (χ0v) is 12.1. The predicted octanol–water partition coefficient (Wildman–Crippen LogP) is 1.80. The van der Waals surface area contributed by atoms with Crippen LogP contribution in [0.4, 0.5) is 0 Å². The van der Waals surface area contributed by atoms with Crippen molar-refractivity contribution in [1.82, 2.24) is 19.5 Å². The molecule has 0 aliphatic rings. The van der Waals surface area contributed by atoms with Crippen LogP contribution in [0.25, 0.3) is 22.8 Å². The van der Waals surface area contributed by atoms with E-state index >= 15 is 0 Å². The van der Waals surface area contributed by atoms with E-state index in [1.165, 1.54) is 0 Å². The molecule has 2 N–H and O–H groups in total. The number of nitrogens with two attached hydrogens (primary N) is 1. The van der Waals surface area contributed by atoms with Gasteiger partial charge in [-0.3, -0.25) is 4.79 Å². The number of aryl methyl sites for hydroxylation is 1. The number of primary amides is 1. The Balaban J connectivity index is 1.94. The van der Waals surface area contributed by atoms with E-state index < -0.39 is 5.91 Å². The quantitative estimate of drug-likeness (QED) is 0.794. The van der Waals surface area contributed by atoms with Crippen molar-refractivity contribution < 1.29 is 4.79 Å². The van der Waals surface area contributed by atoms with Crippen LogP contribution in [0, 0.1) is 6.92 Å². The van der Waals surface area contributed by atoms with Crippen LogP contribution in [0.3, 0.4) is 0 Å². The Morgan fingerprint density at radius 3 is 2.59 bits per heavy atom. The molecule has 0 unspecified atom stereocenters. The second-order valence-corrected chi connectivity index (χ2v) is 4.96. The molecule has 110 valence electrons. The number of nitrogens with zero attached hydrogens (tertiary/aromatic N) is 4. The number of amides is 1. The zero-order valence-electron chi connectivity index (χ0n) is 12.1. The lowest BCUT2D eigenvalue weighted by atomic mass is 10.1. The first-order valence-electron chi connectivity index (χ1n) is 6.83. The molecule has 0 saturated heterocycles. The van der Waals surface area contributed by atoms with Gasteiger partial charge in [-0.2, -0.15) is 0 Å². The van der Waals surface area contributed by atoms with E-state index in [1.807, 2.05) is 31.2 Å². The van der Waals surface area contributed by atoms with E-state index in [1.54, 1.807) is 29.4 Å². The lowest BCUT2D eigenvalue weighted by Gasteiger charge is -2.07. The number of aromatic nitrogens is 4. The third-order valence-corrected chi connectivity index (χ3v) is 3.34. The van der Waals surface area contributed by atoms with Gasteiger partial charge in [-0.05, 0) is 12.5 Å². The minimum Gasteiger partial charge on any atom is -0.368 e. The van der Waals surface area contributed by atoms with Gasteiger partial charge in [0, 0.05) is 30.4 Å². The molecule has 3 rings (SSSR count). The molecule has 2 aromatic heterocycles. The summed E-state index contributed by atoms with van der Waals surface area (Å²) in [6.07, 6.45) is 6.73. The number of carbonyl (C=O) groups is 1. The van der Waals surface area contributed by atoms with Crippen molar-refractivity contribution >= 4 is 5.91 Å². The molecule has 0 fully saturated rings. The van der Waals surface area contributed by atoms with E-state index in [0.717, 1.165) is 16.7 Å². The van der Waals surface area contributed by atoms with Gasteiger partial charge in [0.2, 0.25) is 5.91 Å². The third-order valence-electron chi connectivity index (χ3n) is 3.34. The molecule has 6 heteroatoms. The summed E-state index contributed by atoms with van der Waals surface area (Å²) in [7, 11) is 0. The summed E-state index contributed by atoms with van der Waals surface area (Å²) in [6.45, 7) is 2.10. The standard InChI is InChI=1S/C16H15N5O/c1-11-4-2-3-5-13(11)15-19-8-12(9-20-15)16-18-6-7-21(16)10-14(17)22/h2-9H,10H2,1H3,(H2,17,22). The van der Waals surface area contributed by atoms with Crippen LogP contribution >= 0.6 is 0 Å². The van der Waals surface area contributed by atoms with Crippen molar-refractivity contribution in [3.8, 4) is 22.8 Å². The fraction of sp³-hybridized carbons (Fsp3) is 0.125. The van der Waals surface area contributed by atoms with Gasteiger partial charge in [-0.1, -0.05) is 24.3 Å². The highest BCUT2D eigenvalue weighted by Gasteiger charge is 2.10. The van der Waals surface area contributed by atoms with Crippen molar-refractivity contribution in [2.45, 2.75) is 13.5 Å². The van der Waals surface area contributed by atoms with Crippen LogP contribution in [0.1, 0.15) is 5.56 Å². The molecule has 6 nitrogen and oxygen atoms in total. The molecular weight excluding hydrogens is 278 g/mol. The molecule has 1 aromatic carbocycles. The minimum absolute atomic E-state index is 0.0783. The maximum absolute atomic E-state index is 11.1. The third kappa shape index (κ3) is 2.71. The van der Waals surface area contributed by atoms with Gasteiger partial charge < -0.3 is 10.3 Å². The molecule has 0 radical (unpaired) electrons. The molecule has 1 amide bonds. The number of benzene rings is 1. The number of carbonyl (C=O) groups excluding carboxylic acids is 1. The smallest absolute Gasteiger partial charge is 0.237 e.